The van der Waals surface area contributed by atoms with Crippen molar-refractivity contribution in [2.24, 2.45) is 0 Å². The van der Waals surface area contributed by atoms with E-state index in [2.05, 4.69) is 193 Å². The van der Waals surface area contributed by atoms with E-state index in [0.29, 0.717) is 0 Å². The number of fused-ring (bicyclic) bond motifs is 5. The summed E-state index contributed by atoms with van der Waals surface area (Å²) in [7, 11) is 0. The van der Waals surface area contributed by atoms with Gasteiger partial charge in [-0.2, -0.15) is 0 Å². The Labute approximate surface area is 279 Å². The molecule has 0 saturated carbocycles. The van der Waals surface area contributed by atoms with E-state index in [0.717, 1.165) is 60.9 Å². The van der Waals surface area contributed by atoms with E-state index in [1.165, 1.54) is 22.3 Å². The molecule has 9 rings (SSSR count). The van der Waals surface area contributed by atoms with E-state index < -0.39 is 0 Å². The van der Waals surface area contributed by atoms with Crippen LogP contribution < -0.4 is 4.90 Å². The Morgan fingerprint density at radius 1 is 0.312 bits per heavy atom. The zero-order valence-electron chi connectivity index (χ0n) is 26.3. The third-order valence-electron chi connectivity index (χ3n) is 9.27. The van der Waals surface area contributed by atoms with Crippen LogP contribution in [0.2, 0.25) is 0 Å². The maximum atomic E-state index is 6.81. The van der Waals surface area contributed by atoms with Crippen LogP contribution in [0, 0.1) is 0 Å². The number of hydrogen-bond acceptors (Lipinski definition) is 2. The number of benzene rings is 8. The molecule has 0 atom stereocenters. The van der Waals surface area contributed by atoms with Crippen LogP contribution in [-0.4, -0.2) is 0 Å². The van der Waals surface area contributed by atoms with E-state index >= 15 is 0 Å². The third-order valence-corrected chi connectivity index (χ3v) is 9.27. The highest BCUT2D eigenvalue weighted by molar-refractivity contribution is 6.21. The fourth-order valence-electron chi connectivity index (χ4n) is 6.93. The molecular formula is C46H31NO. The first kappa shape index (κ1) is 27.9. The highest BCUT2D eigenvalue weighted by Gasteiger charge is 2.21. The van der Waals surface area contributed by atoms with Crippen molar-refractivity contribution in [1.82, 2.24) is 0 Å². The summed E-state index contributed by atoms with van der Waals surface area (Å²) < 4.78 is 6.81. The molecule has 1 aromatic heterocycles. The molecule has 0 N–H and O–H groups in total. The van der Waals surface area contributed by atoms with Gasteiger partial charge in [-0.05, 0) is 58.1 Å². The van der Waals surface area contributed by atoms with Crippen molar-refractivity contribution in [3.63, 3.8) is 0 Å². The Morgan fingerprint density at radius 2 is 0.750 bits per heavy atom. The van der Waals surface area contributed by atoms with Crippen LogP contribution in [-0.2, 0) is 0 Å². The van der Waals surface area contributed by atoms with Crippen molar-refractivity contribution in [2.75, 3.05) is 4.90 Å². The Hall–Kier alpha value is -6.38. The predicted octanol–water partition coefficient (Wildman–Crippen LogP) is 13.2. The van der Waals surface area contributed by atoms with Crippen molar-refractivity contribution in [3.8, 4) is 33.4 Å². The highest BCUT2D eigenvalue weighted by atomic mass is 16.3. The second-order valence-corrected chi connectivity index (χ2v) is 12.1. The first-order valence-electron chi connectivity index (χ1n) is 16.4. The summed E-state index contributed by atoms with van der Waals surface area (Å²) in [6.45, 7) is 0. The fraction of sp³-hybridized carbons (Fsp3) is 0. The first-order valence-corrected chi connectivity index (χ1v) is 16.4. The topological polar surface area (TPSA) is 16.4 Å². The lowest BCUT2D eigenvalue weighted by Crippen LogP contribution is -2.10. The lowest BCUT2D eigenvalue weighted by molar-refractivity contribution is 0.674. The Kier molecular flexibility index (Phi) is 6.84. The molecule has 0 bridgehead atoms. The van der Waals surface area contributed by atoms with Gasteiger partial charge < -0.3 is 9.32 Å². The molecule has 48 heavy (non-hydrogen) atoms. The largest absolute Gasteiger partial charge is 0.455 e. The molecule has 0 radical (unpaired) electrons. The molecule has 0 aliphatic rings. The summed E-state index contributed by atoms with van der Waals surface area (Å²) in [5, 5.41) is 4.43. The van der Waals surface area contributed by atoms with Crippen LogP contribution in [0.4, 0.5) is 17.1 Å². The van der Waals surface area contributed by atoms with Gasteiger partial charge in [-0.1, -0.05) is 158 Å². The molecule has 0 spiro atoms. The normalized spacial score (nSPS) is 11.3. The molecule has 2 nitrogen and oxygen atoms in total. The van der Waals surface area contributed by atoms with Crippen LogP contribution in [0.1, 0.15) is 0 Å². The van der Waals surface area contributed by atoms with Crippen LogP contribution in [0.5, 0.6) is 0 Å². The minimum absolute atomic E-state index is 0.909. The molecule has 0 aliphatic carbocycles. The zero-order valence-corrected chi connectivity index (χ0v) is 26.3. The average Bonchev–Trinajstić information content (AvgIpc) is 3.56. The predicted molar refractivity (Wildman–Crippen MR) is 202 cm³/mol. The number of anilines is 3. The lowest BCUT2D eigenvalue weighted by Gasteiger charge is -2.27. The fourth-order valence-corrected chi connectivity index (χ4v) is 6.93. The number of furan rings is 1. The summed E-state index contributed by atoms with van der Waals surface area (Å²) in [5.74, 6) is 0. The maximum Gasteiger partial charge on any atom is 0.143 e. The Bertz CT molecular complexity index is 2430. The highest BCUT2D eigenvalue weighted by Crippen LogP contribution is 2.46. The van der Waals surface area contributed by atoms with E-state index in [9.17, 15) is 0 Å². The second kappa shape index (κ2) is 11.8. The molecule has 0 unspecified atom stereocenters. The van der Waals surface area contributed by atoms with Crippen LogP contribution in [0.25, 0.3) is 66.1 Å². The van der Waals surface area contributed by atoms with Crippen LogP contribution >= 0.6 is 0 Å². The maximum absolute atomic E-state index is 6.81. The molecule has 0 saturated heterocycles. The van der Waals surface area contributed by atoms with E-state index in [1.807, 2.05) is 0 Å². The van der Waals surface area contributed by atoms with Gasteiger partial charge in [-0.15, -0.1) is 0 Å². The quantitative estimate of drug-likeness (QED) is 0.185. The van der Waals surface area contributed by atoms with Gasteiger partial charge in [-0.3, -0.25) is 0 Å². The summed E-state index contributed by atoms with van der Waals surface area (Å²) in [5.41, 5.74) is 12.1. The van der Waals surface area contributed by atoms with Gasteiger partial charge in [0.1, 0.15) is 11.2 Å². The van der Waals surface area contributed by atoms with E-state index in [1.54, 1.807) is 0 Å². The summed E-state index contributed by atoms with van der Waals surface area (Å²) in [4.78, 5) is 2.38. The minimum atomic E-state index is 0.909. The van der Waals surface area contributed by atoms with Crippen molar-refractivity contribution in [3.05, 3.63) is 188 Å². The summed E-state index contributed by atoms with van der Waals surface area (Å²) in [6, 6.07) is 66.8. The van der Waals surface area contributed by atoms with Crippen molar-refractivity contribution in [1.29, 1.82) is 0 Å². The third kappa shape index (κ3) is 4.83. The first-order chi connectivity index (χ1) is 23.8. The molecule has 9 aromatic rings. The van der Waals surface area contributed by atoms with Gasteiger partial charge in [0.25, 0.3) is 0 Å². The van der Waals surface area contributed by atoms with Gasteiger partial charge in [0.2, 0.25) is 0 Å². The molecular weight excluding hydrogens is 583 g/mol. The van der Waals surface area contributed by atoms with Gasteiger partial charge in [-0.25, -0.2) is 0 Å². The molecule has 0 aliphatic heterocycles. The number of rotatable bonds is 6. The van der Waals surface area contributed by atoms with Crippen LogP contribution in [0.15, 0.2) is 192 Å². The smallest absolute Gasteiger partial charge is 0.143 e. The van der Waals surface area contributed by atoms with E-state index in [4.69, 9.17) is 4.42 Å². The molecule has 0 amide bonds. The molecule has 1 heterocycles. The molecule has 8 aromatic carbocycles. The second-order valence-electron chi connectivity index (χ2n) is 12.1. The summed E-state index contributed by atoms with van der Waals surface area (Å²) >= 11 is 0. The Balaban J connectivity index is 1.28. The lowest BCUT2D eigenvalue weighted by atomic mass is 9.99. The van der Waals surface area contributed by atoms with Crippen molar-refractivity contribution < 1.29 is 4.42 Å². The minimum Gasteiger partial charge on any atom is -0.455 e. The van der Waals surface area contributed by atoms with Crippen LogP contribution in [0.3, 0.4) is 0 Å². The van der Waals surface area contributed by atoms with Gasteiger partial charge >= 0.3 is 0 Å². The number of nitrogens with zero attached hydrogens (tertiary/aromatic N) is 1. The van der Waals surface area contributed by atoms with Gasteiger partial charge in [0, 0.05) is 38.5 Å². The number of hydrogen-bond donors (Lipinski definition) is 0. The molecule has 2 heteroatoms. The van der Waals surface area contributed by atoms with Crippen molar-refractivity contribution in [2.45, 2.75) is 0 Å². The zero-order chi connectivity index (χ0) is 31.9. The average molecular weight is 614 g/mol. The summed E-state index contributed by atoms with van der Waals surface area (Å²) in [6.07, 6.45) is 0. The Morgan fingerprint density at radius 3 is 1.31 bits per heavy atom. The van der Waals surface area contributed by atoms with Gasteiger partial charge in [0.05, 0.1) is 5.69 Å². The monoisotopic (exact) mass is 613 g/mol. The van der Waals surface area contributed by atoms with E-state index in [-0.39, 0.29) is 0 Å². The SMILES string of the molecule is c1ccc(-c2ccc(N(c3ccc(-c4ccccc4)cc3)c3cc4c5cccc(-c6ccccc6)c5oc4c4ccccc34)cc2)cc1. The van der Waals surface area contributed by atoms with Gasteiger partial charge in [0.15, 0.2) is 0 Å². The molecule has 0 fully saturated rings. The standard InChI is InChI=1S/C46H31NO/c1-4-13-32(14-5-1)34-23-27-37(28-24-34)47(38-29-25-35(26-30-38)33-15-6-2-7-16-33)44-31-43-42-22-12-21-39(36-17-8-3-9-18-36)45(42)48-46(43)41-20-11-10-19-40(41)44/h1-31H. The van der Waals surface area contributed by atoms with Crippen molar-refractivity contribution >= 4 is 49.8 Å². The molecule has 226 valence electrons. The number of para-hydroxylation sites is 1.